The average Bonchev–Trinajstić information content (AvgIpc) is 2.80. The van der Waals surface area contributed by atoms with Crippen LogP contribution in [0.1, 0.15) is 26.6 Å². The van der Waals surface area contributed by atoms with Gasteiger partial charge in [-0.05, 0) is 37.8 Å². The number of carbonyl (C=O) groups excluding carboxylic acids is 1. The molecule has 0 aliphatic rings. The minimum Gasteiger partial charge on any atom is -0.347 e. The topological polar surface area (TPSA) is 58.1 Å². The molecule has 106 valence electrons. The van der Waals surface area contributed by atoms with Gasteiger partial charge >= 0.3 is 0 Å². The highest BCUT2D eigenvalue weighted by atomic mass is 32.1. The SMILES string of the molecule is Cc1csc(C(=O)Nc2c(C)nc(N(C)C)nc2C)c1. The maximum Gasteiger partial charge on any atom is 0.265 e. The first-order valence-electron chi connectivity index (χ1n) is 6.27. The van der Waals surface area contributed by atoms with Crippen molar-refractivity contribution in [3.63, 3.8) is 0 Å². The van der Waals surface area contributed by atoms with Crippen molar-refractivity contribution in [3.05, 3.63) is 33.3 Å². The number of aromatic nitrogens is 2. The van der Waals surface area contributed by atoms with E-state index in [9.17, 15) is 4.79 Å². The molecule has 0 radical (unpaired) electrons. The Hall–Kier alpha value is -1.95. The second kappa shape index (κ2) is 5.58. The molecule has 20 heavy (non-hydrogen) atoms. The first-order valence-corrected chi connectivity index (χ1v) is 7.15. The number of nitrogens with zero attached hydrogens (tertiary/aromatic N) is 3. The Morgan fingerprint density at radius 2 is 1.80 bits per heavy atom. The summed E-state index contributed by atoms with van der Waals surface area (Å²) < 4.78 is 0. The van der Waals surface area contributed by atoms with Gasteiger partial charge < -0.3 is 10.2 Å². The van der Waals surface area contributed by atoms with Gasteiger partial charge in [0.2, 0.25) is 5.95 Å². The van der Waals surface area contributed by atoms with E-state index in [1.54, 1.807) is 0 Å². The summed E-state index contributed by atoms with van der Waals surface area (Å²) in [7, 11) is 3.78. The van der Waals surface area contributed by atoms with Gasteiger partial charge in [-0.1, -0.05) is 0 Å². The summed E-state index contributed by atoms with van der Waals surface area (Å²) in [5.41, 5.74) is 3.31. The molecular weight excluding hydrogens is 272 g/mol. The molecule has 0 aromatic carbocycles. The molecule has 0 saturated carbocycles. The van der Waals surface area contributed by atoms with Crippen molar-refractivity contribution in [2.75, 3.05) is 24.3 Å². The summed E-state index contributed by atoms with van der Waals surface area (Å²) in [6.45, 7) is 5.71. The largest absolute Gasteiger partial charge is 0.347 e. The molecule has 2 aromatic rings. The molecule has 0 unspecified atom stereocenters. The highest BCUT2D eigenvalue weighted by Crippen LogP contribution is 2.22. The quantitative estimate of drug-likeness (QED) is 0.944. The van der Waals surface area contributed by atoms with Crippen LogP contribution in [0.15, 0.2) is 11.4 Å². The van der Waals surface area contributed by atoms with Gasteiger partial charge in [0.25, 0.3) is 5.91 Å². The van der Waals surface area contributed by atoms with Crippen LogP contribution in [0.4, 0.5) is 11.6 Å². The molecule has 0 aliphatic carbocycles. The first-order chi connectivity index (χ1) is 9.38. The number of hydrogen-bond donors (Lipinski definition) is 1. The molecule has 5 nitrogen and oxygen atoms in total. The van der Waals surface area contributed by atoms with Gasteiger partial charge in [-0.2, -0.15) is 0 Å². The molecule has 1 N–H and O–H groups in total. The van der Waals surface area contributed by atoms with Crippen LogP contribution in [-0.4, -0.2) is 30.0 Å². The third kappa shape index (κ3) is 2.96. The van der Waals surface area contributed by atoms with Crippen molar-refractivity contribution in [2.45, 2.75) is 20.8 Å². The predicted molar refractivity (Wildman–Crippen MR) is 82.8 cm³/mol. The zero-order valence-electron chi connectivity index (χ0n) is 12.3. The van der Waals surface area contributed by atoms with Crippen LogP contribution in [0.25, 0.3) is 0 Å². The van der Waals surface area contributed by atoms with Crippen molar-refractivity contribution < 1.29 is 4.79 Å². The molecule has 2 rings (SSSR count). The van der Waals surface area contributed by atoms with Gasteiger partial charge in [-0.25, -0.2) is 9.97 Å². The second-order valence-electron chi connectivity index (χ2n) is 4.91. The Morgan fingerprint density at radius 3 is 2.25 bits per heavy atom. The number of amides is 1. The number of hydrogen-bond acceptors (Lipinski definition) is 5. The highest BCUT2D eigenvalue weighted by molar-refractivity contribution is 7.12. The molecule has 0 aliphatic heterocycles. The number of anilines is 2. The van der Waals surface area contributed by atoms with E-state index in [4.69, 9.17) is 0 Å². The lowest BCUT2D eigenvalue weighted by Crippen LogP contribution is -2.18. The van der Waals surface area contributed by atoms with Crippen LogP contribution in [-0.2, 0) is 0 Å². The molecule has 2 aromatic heterocycles. The third-order valence-electron chi connectivity index (χ3n) is 2.85. The van der Waals surface area contributed by atoms with E-state index in [2.05, 4.69) is 15.3 Å². The van der Waals surface area contributed by atoms with E-state index >= 15 is 0 Å². The van der Waals surface area contributed by atoms with Crippen molar-refractivity contribution in [1.82, 2.24) is 9.97 Å². The zero-order valence-corrected chi connectivity index (χ0v) is 13.1. The van der Waals surface area contributed by atoms with Gasteiger partial charge in [0.05, 0.1) is 22.0 Å². The number of carbonyl (C=O) groups is 1. The fourth-order valence-corrected chi connectivity index (χ4v) is 2.60. The Labute approximate surface area is 122 Å². The summed E-state index contributed by atoms with van der Waals surface area (Å²) in [4.78, 5) is 23.5. The molecule has 0 bridgehead atoms. The second-order valence-corrected chi connectivity index (χ2v) is 5.82. The Bertz CT molecular complexity index is 625. The summed E-state index contributed by atoms with van der Waals surface area (Å²) in [6, 6.07) is 1.87. The lowest BCUT2D eigenvalue weighted by atomic mass is 10.2. The van der Waals surface area contributed by atoms with Gasteiger partial charge in [0.1, 0.15) is 0 Å². The molecule has 6 heteroatoms. The number of aryl methyl sites for hydroxylation is 3. The van der Waals surface area contributed by atoms with Crippen molar-refractivity contribution in [3.8, 4) is 0 Å². The van der Waals surface area contributed by atoms with Crippen LogP contribution >= 0.6 is 11.3 Å². The van der Waals surface area contributed by atoms with E-state index < -0.39 is 0 Å². The minimum absolute atomic E-state index is 0.115. The fraction of sp³-hybridized carbons (Fsp3) is 0.357. The van der Waals surface area contributed by atoms with Crippen molar-refractivity contribution >= 4 is 28.9 Å². The van der Waals surface area contributed by atoms with E-state index in [-0.39, 0.29) is 5.91 Å². The van der Waals surface area contributed by atoms with Gasteiger partial charge in [0.15, 0.2) is 0 Å². The monoisotopic (exact) mass is 290 g/mol. The van der Waals surface area contributed by atoms with Crippen LogP contribution in [0, 0.1) is 20.8 Å². The van der Waals surface area contributed by atoms with Crippen LogP contribution in [0.2, 0.25) is 0 Å². The Balaban J connectivity index is 2.28. The van der Waals surface area contributed by atoms with Gasteiger partial charge in [0, 0.05) is 14.1 Å². The number of rotatable bonds is 3. The van der Waals surface area contributed by atoms with E-state index in [0.29, 0.717) is 16.5 Å². The van der Waals surface area contributed by atoms with E-state index in [1.807, 2.05) is 51.2 Å². The molecule has 0 fully saturated rings. The lowest BCUT2D eigenvalue weighted by Gasteiger charge is -2.15. The normalized spacial score (nSPS) is 10.4. The molecule has 0 atom stereocenters. The summed E-state index contributed by atoms with van der Waals surface area (Å²) in [6.07, 6.45) is 0. The predicted octanol–water partition coefficient (Wildman–Crippen LogP) is 2.78. The van der Waals surface area contributed by atoms with Crippen LogP contribution in [0.3, 0.4) is 0 Å². The Morgan fingerprint density at radius 1 is 1.20 bits per heavy atom. The van der Waals surface area contributed by atoms with E-state index in [1.165, 1.54) is 11.3 Å². The molecule has 0 saturated heterocycles. The van der Waals surface area contributed by atoms with Gasteiger partial charge in [-0.15, -0.1) is 11.3 Å². The Kier molecular flexibility index (Phi) is 4.04. The molecular formula is C14H18N4OS. The van der Waals surface area contributed by atoms with Crippen molar-refractivity contribution in [2.24, 2.45) is 0 Å². The van der Waals surface area contributed by atoms with E-state index in [0.717, 1.165) is 17.0 Å². The smallest absolute Gasteiger partial charge is 0.265 e. The number of thiophene rings is 1. The number of nitrogens with one attached hydrogen (secondary N) is 1. The maximum absolute atomic E-state index is 12.2. The minimum atomic E-state index is -0.115. The van der Waals surface area contributed by atoms with Gasteiger partial charge in [-0.3, -0.25) is 4.79 Å². The highest BCUT2D eigenvalue weighted by Gasteiger charge is 2.14. The maximum atomic E-state index is 12.2. The summed E-state index contributed by atoms with van der Waals surface area (Å²) in [5.74, 6) is 0.528. The summed E-state index contributed by atoms with van der Waals surface area (Å²) >= 11 is 1.44. The zero-order chi connectivity index (χ0) is 14.9. The van der Waals surface area contributed by atoms with Crippen LogP contribution < -0.4 is 10.2 Å². The van der Waals surface area contributed by atoms with Crippen LogP contribution in [0.5, 0.6) is 0 Å². The first kappa shape index (κ1) is 14.5. The lowest BCUT2D eigenvalue weighted by molar-refractivity contribution is 0.103. The fourth-order valence-electron chi connectivity index (χ4n) is 1.80. The molecule has 1 amide bonds. The standard InChI is InChI=1S/C14H18N4OS/c1-8-6-11(20-7-8)13(19)17-12-9(2)15-14(18(4)5)16-10(12)3/h6-7H,1-5H3,(H,17,19). The molecule has 2 heterocycles. The van der Waals surface area contributed by atoms with Crippen molar-refractivity contribution in [1.29, 1.82) is 0 Å². The average molecular weight is 290 g/mol. The summed E-state index contributed by atoms with van der Waals surface area (Å²) in [5, 5.41) is 4.86. The molecule has 0 spiro atoms. The third-order valence-corrected chi connectivity index (χ3v) is 3.90.